The van der Waals surface area contributed by atoms with Crippen LogP contribution in [0.15, 0.2) is 24.3 Å². The van der Waals surface area contributed by atoms with Crippen LogP contribution in [0.1, 0.15) is 44.7 Å². The normalized spacial score (nSPS) is 14.5. The first-order chi connectivity index (χ1) is 9.52. The van der Waals surface area contributed by atoms with Gasteiger partial charge in [-0.05, 0) is 56.1 Å². The van der Waals surface area contributed by atoms with Crippen LogP contribution in [0, 0.1) is 18.8 Å². The number of aliphatic hydroxyl groups excluding tert-OH is 1. The number of nitrogens with one attached hydrogen (secondary N) is 1. The number of hydrogen-bond acceptors (Lipinski definition) is 2. The SMILES string of the molecule is Cc1ccccc1CC(CO)CNC(C)CCC(C)C. The van der Waals surface area contributed by atoms with Crippen molar-refractivity contribution in [1.82, 2.24) is 5.32 Å². The molecule has 0 spiro atoms. The molecule has 1 rings (SSSR count). The summed E-state index contributed by atoms with van der Waals surface area (Å²) in [5, 5.41) is 13.1. The fourth-order valence-corrected chi connectivity index (χ4v) is 2.40. The van der Waals surface area contributed by atoms with Gasteiger partial charge in [-0.25, -0.2) is 0 Å². The van der Waals surface area contributed by atoms with Gasteiger partial charge in [0.05, 0.1) is 0 Å². The third-order valence-corrected chi connectivity index (χ3v) is 3.96. The van der Waals surface area contributed by atoms with Crippen molar-refractivity contribution in [2.75, 3.05) is 13.2 Å². The monoisotopic (exact) mass is 277 g/mol. The molecule has 2 heteroatoms. The third kappa shape index (κ3) is 6.53. The van der Waals surface area contributed by atoms with Gasteiger partial charge in [-0.1, -0.05) is 38.1 Å². The summed E-state index contributed by atoms with van der Waals surface area (Å²) in [5.41, 5.74) is 2.67. The predicted molar refractivity (Wildman–Crippen MR) is 87.0 cm³/mol. The zero-order valence-electron chi connectivity index (χ0n) is 13.5. The third-order valence-electron chi connectivity index (χ3n) is 3.96. The molecule has 20 heavy (non-hydrogen) atoms. The second kappa shape index (κ2) is 9.15. The molecular weight excluding hydrogens is 246 g/mol. The Morgan fingerprint density at radius 1 is 1.10 bits per heavy atom. The van der Waals surface area contributed by atoms with E-state index in [1.165, 1.54) is 24.0 Å². The average Bonchev–Trinajstić information content (AvgIpc) is 2.43. The van der Waals surface area contributed by atoms with Crippen LogP contribution in [-0.4, -0.2) is 24.3 Å². The standard InChI is InChI=1S/C18H31NO/c1-14(2)9-10-16(4)19-12-17(13-20)11-18-8-6-5-7-15(18)3/h5-8,14,16-17,19-20H,9-13H2,1-4H3. The quantitative estimate of drug-likeness (QED) is 0.723. The molecule has 2 unspecified atom stereocenters. The lowest BCUT2D eigenvalue weighted by molar-refractivity contribution is 0.217. The highest BCUT2D eigenvalue weighted by atomic mass is 16.3. The van der Waals surface area contributed by atoms with E-state index >= 15 is 0 Å². The van der Waals surface area contributed by atoms with E-state index in [0.717, 1.165) is 18.9 Å². The van der Waals surface area contributed by atoms with Crippen LogP contribution >= 0.6 is 0 Å². The summed E-state index contributed by atoms with van der Waals surface area (Å²) < 4.78 is 0. The van der Waals surface area contributed by atoms with E-state index in [-0.39, 0.29) is 6.61 Å². The predicted octanol–water partition coefficient (Wildman–Crippen LogP) is 3.56. The zero-order valence-corrected chi connectivity index (χ0v) is 13.5. The van der Waals surface area contributed by atoms with Gasteiger partial charge >= 0.3 is 0 Å². The first kappa shape index (κ1) is 17.2. The Bertz CT molecular complexity index is 375. The van der Waals surface area contributed by atoms with Crippen LogP contribution in [0.25, 0.3) is 0 Å². The maximum atomic E-state index is 9.57. The Balaban J connectivity index is 2.38. The van der Waals surface area contributed by atoms with E-state index in [2.05, 4.69) is 57.3 Å². The summed E-state index contributed by atoms with van der Waals surface area (Å²) >= 11 is 0. The second-order valence-corrected chi connectivity index (χ2v) is 6.46. The molecular formula is C18H31NO. The summed E-state index contributed by atoms with van der Waals surface area (Å²) in [6.07, 6.45) is 3.42. The molecule has 0 aromatic heterocycles. The maximum absolute atomic E-state index is 9.57. The summed E-state index contributed by atoms with van der Waals surface area (Å²) in [7, 11) is 0. The molecule has 0 heterocycles. The number of aliphatic hydroxyl groups is 1. The van der Waals surface area contributed by atoms with Gasteiger partial charge in [0, 0.05) is 19.2 Å². The van der Waals surface area contributed by atoms with E-state index in [4.69, 9.17) is 0 Å². The molecule has 0 radical (unpaired) electrons. The van der Waals surface area contributed by atoms with Gasteiger partial charge in [0.25, 0.3) is 0 Å². The first-order valence-corrected chi connectivity index (χ1v) is 7.91. The van der Waals surface area contributed by atoms with Crippen molar-refractivity contribution in [1.29, 1.82) is 0 Å². The minimum absolute atomic E-state index is 0.248. The first-order valence-electron chi connectivity index (χ1n) is 7.91. The highest BCUT2D eigenvalue weighted by molar-refractivity contribution is 5.25. The van der Waals surface area contributed by atoms with E-state index in [9.17, 15) is 5.11 Å². The molecule has 0 fully saturated rings. The van der Waals surface area contributed by atoms with Crippen molar-refractivity contribution in [2.24, 2.45) is 11.8 Å². The lowest BCUT2D eigenvalue weighted by atomic mass is 9.96. The number of benzene rings is 1. The molecule has 0 saturated heterocycles. The van der Waals surface area contributed by atoms with E-state index in [0.29, 0.717) is 12.0 Å². The van der Waals surface area contributed by atoms with Crippen LogP contribution in [-0.2, 0) is 6.42 Å². The molecule has 0 aliphatic heterocycles. The fraction of sp³-hybridized carbons (Fsp3) is 0.667. The minimum Gasteiger partial charge on any atom is -0.396 e. The van der Waals surface area contributed by atoms with E-state index in [1.807, 2.05) is 0 Å². The van der Waals surface area contributed by atoms with Gasteiger partial charge in [0.1, 0.15) is 0 Å². The van der Waals surface area contributed by atoms with Crippen LogP contribution in [0.2, 0.25) is 0 Å². The van der Waals surface area contributed by atoms with Crippen molar-refractivity contribution in [2.45, 2.75) is 53.0 Å². The maximum Gasteiger partial charge on any atom is 0.0474 e. The molecule has 2 nitrogen and oxygen atoms in total. The Morgan fingerprint density at radius 3 is 2.40 bits per heavy atom. The minimum atomic E-state index is 0.248. The van der Waals surface area contributed by atoms with Gasteiger partial charge in [-0.2, -0.15) is 0 Å². The number of hydrogen-bond donors (Lipinski definition) is 2. The van der Waals surface area contributed by atoms with Crippen LogP contribution in [0.4, 0.5) is 0 Å². The van der Waals surface area contributed by atoms with Crippen LogP contribution in [0.3, 0.4) is 0 Å². The van der Waals surface area contributed by atoms with Gasteiger partial charge in [0.15, 0.2) is 0 Å². The van der Waals surface area contributed by atoms with Gasteiger partial charge in [-0.15, -0.1) is 0 Å². The summed E-state index contributed by atoms with van der Waals surface area (Å²) in [6, 6.07) is 8.99. The van der Waals surface area contributed by atoms with E-state index in [1.54, 1.807) is 0 Å². The topological polar surface area (TPSA) is 32.3 Å². The summed E-state index contributed by atoms with van der Waals surface area (Å²) in [5.74, 6) is 1.07. The summed E-state index contributed by atoms with van der Waals surface area (Å²) in [6.45, 7) is 10.1. The largest absolute Gasteiger partial charge is 0.396 e. The number of rotatable bonds is 9. The van der Waals surface area contributed by atoms with Crippen LogP contribution in [0.5, 0.6) is 0 Å². The van der Waals surface area contributed by atoms with E-state index < -0.39 is 0 Å². The molecule has 114 valence electrons. The molecule has 2 N–H and O–H groups in total. The average molecular weight is 277 g/mol. The highest BCUT2D eigenvalue weighted by Gasteiger charge is 2.12. The molecule has 2 atom stereocenters. The van der Waals surface area contributed by atoms with Crippen molar-refractivity contribution in [3.63, 3.8) is 0 Å². The van der Waals surface area contributed by atoms with Crippen molar-refractivity contribution in [3.05, 3.63) is 35.4 Å². The van der Waals surface area contributed by atoms with Gasteiger partial charge in [-0.3, -0.25) is 0 Å². The molecule has 0 bridgehead atoms. The Kier molecular flexibility index (Phi) is 7.86. The number of aryl methyl sites for hydroxylation is 1. The van der Waals surface area contributed by atoms with Crippen molar-refractivity contribution >= 4 is 0 Å². The van der Waals surface area contributed by atoms with Crippen molar-refractivity contribution in [3.8, 4) is 0 Å². The lowest BCUT2D eigenvalue weighted by Crippen LogP contribution is -2.33. The molecule has 0 amide bonds. The second-order valence-electron chi connectivity index (χ2n) is 6.46. The molecule has 0 aliphatic rings. The Morgan fingerprint density at radius 2 is 1.80 bits per heavy atom. The van der Waals surface area contributed by atoms with Gasteiger partial charge in [0.2, 0.25) is 0 Å². The molecule has 1 aromatic rings. The Labute approximate surface area is 124 Å². The van der Waals surface area contributed by atoms with Gasteiger partial charge < -0.3 is 10.4 Å². The molecule has 1 aromatic carbocycles. The summed E-state index contributed by atoms with van der Waals surface area (Å²) in [4.78, 5) is 0. The zero-order chi connectivity index (χ0) is 15.0. The smallest absolute Gasteiger partial charge is 0.0474 e. The van der Waals surface area contributed by atoms with Crippen molar-refractivity contribution < 1.29 is 5.11 Å². The molecule has 0 saturated carbocycles. The highest BCUT2D eigenvalue weighted by Crippen LogP contribution is 2.13. The fourth-order valence-electron chi connectivity index (χ4n) is 2.40. The Hall–Kier alpha value is -0.860. The van der Waals surface area contributed by atoms with Crippen LogP contribution < -0.4 is 5.32 Å². The molecule has 0 aliphatic carbocycles. The lowest BCUT2D eigenvalue weighted by Gasteiger charge is -2.20.